The topological polar surface area (TPSA) is 149 Å². The normalized spacial score (nSPS) is 15.1. The van der Waals surface area contributed by atoms with Crippen LogP contribution >= 0.6 is 0 Å². The Labute approximate surface area is 142 Å². The van der Waals surface area contributed by atoms with Crippen molar-refractivity contribution in [2.24, 2.45) is 0 Å². The summed E-state index contributed by atoms with van der Waals surface area (Å²) >= 11 is 0. The lowest BCUT2D eigenvalue weighted by atomic mass is 10.2. The molecule has 3 atom stereocenters. The van der Waals surface area contributed by atoms with Crippen LogP contribution in [-0.4, -0.2) is 59.1 Å². The molecule has 0 aliphatic carbocycles. The highest BCUT2D eigenvalue weighted by atomic mass is 32.2. The molecule has 0 bridgehead atoms. The number of aromatic nitrogens is 2. The van der Waals surface area contributed by atoms with Crippen LogP contribution in [0.15, 0.2) is 15.7 Å². The number of hydrogen-bond donors (Lipinski definition) is 4. The highest BCUT2D eigenvalue weighted by Crippen LogP contribution is 1.98. The molecule has 11 heteroatoms. The van der Waals surface area contributed by atoms with E-state index < -0.39 is 51.4 Å². The van der Waals surface area contributed by atoms with Crippen LogP contribution in [0, 0.1) is 6.92 Å². The first-order valence-corrected chi connectivity index (χ1v) is 10.0. The Morgan fingerprint density at radius 3 is 2.54 bits per heavy atom. The number of rotatable bonds is 8. The van der Waals surface area contributed by atoms with E-state index in [2.05, 4.69) is 10.3 Å². The highest BCUT2D eigenvalue weighted by molar-refractivity contribution is 8.01. The standard InChI is InChI=1S/C13H19N3O6S2/c1-8-10(12(19)16-13(20)14-8)3-4-11(18)15-9(5-17)6-24(22)7-23(2)21/h3-4,9,17H,5-7H2,1-2H3,(H,15,18)(H2,14,16,19,20)/b4-3+/t9-,23-,24-/m0/s1. The molecule has 0 saturated heterocycles. The largest absolute Gasteiger partial charge is 0.394 e. The molecule has 1 aromatic rings. The summed E-state index contributed by atoms with van der Waals surface area (Å²) in [5, 5.41) is 11.6. The SMILES string of the molecule is Cc1[nH]c(=O)[nH]c(=O)c1/C=C/C(=O)N[C@@H](CO)C[S@](=O)C[S@](C)=O. The lowest BCUT2D eigenvalue weighted by Gasteiger charge is -2.14. The number of amides is 1. The molecule has 9 nitrogen and oxygen atoms in total. The summed E-state index contributed by atoms with van der Waals surface area (Å²) < 4.78 is 22.7. The fraction of sp³-hybridized carbons (Fsp3) is 0.462. The molecule has 1 aromatic heterocycles. The zero-order valence-electron chi connectivity index (χ0n) is 13.2. The molecule has 24 heavy (non-hydrogen) atoms. The maximum atomic E-state index is 11.8. The van der Waals surface area contributed by atoms with Crippen molar-refractivity contribution in [3.8, 4) is 0 Å². The number of aryl methyl sites for hydroxylation is 1. The van der Waals surface area contributed by atoms with Crippen molar-refractivity contribution in [1.29, 1.82) is 0 Å². The lowest BCUT2D eigenvalue weighted by molar-refractivity contribution is -0.117. The number of aliphatic hydroxyl groups is 1. The summed E-state index contributed by atoms with van der Waals surface area (Å²) in [6.07, 6.45) is 3.71. The van der Waals surface area contributed by atoms with E-state index >= 15 is 0 Å². The van der Waals surface area contributed by atoms with Crippen LogP contribution in [0.1, 0.15) is 11.3 Å². The van der Waals surface area contributed by atoms with Gasteiger partial charge in [0, 0.05) is 45.4 Å². The van der Waals surface area contributed by atoms with Crippen molar-refractivity contribution in [3.63, 3.8) is 0 Å². The van der Waals surface area contributed by atoms with E-state index in [0.717, 1.165) is 6.08 Å². The first-order valence-electron chi connectivity index (χ1n) is 6.80. The minimum absolute atomic E-state index is 0.0336. The van der Waals surface area contributed by atoms with Crippen LogP contribution in [0.5, 0.6) is 0 Å². The van der Waals surface area contributed by atoms with E-state index in [-0.39, 0.29) is 16.4 Å². The number of aliphatic hydroxyl groups excluding tert-OH is 1. The van der Waals surface area contributed by atoms with Gasteiger partial charge >= 0.3 is 5.69 Å². The molecular weight excluding hydrogens is 358 g/mol. The summed E-state index contributed by atoms with van der Waals surface area (Å²) in [6.45, 7) is 1.08. The van der Waals surface area contributed by atoms with Gasteiger partial charge in [0.25, 0.3) is 5.56 Å². The second kappa shape index (κ2) is 9.45. The van der Waals surface area contributed by atoms with Crippen LogP contribution in [-0.2, 0) is 26.4 Å². The first-order chi connectivity index (χ1) is 11.2. The first kappa shape index (κ1) is 20.2. The van der Waals surface area contributed by atoms with Gasteiger partial charge < -0.3 is 15.4 Å². The molecule has 4 N–H and O–H groups in total. The third kappa shape index (κ3) is 6.72. The van der Waals surface area contributed by atoms with Gasteiger partial charge in [-0.2, -0.15) is 0 Å². The Morgan fingerprint density at radius 2 is 2.00 bits per heavy atom. The van der Waals surface area contributed by atoms with Crippen LogP contribution in [0.2, 0.25) is 0 Å². The number of hydrogen-bond acceptors (Lipinski definition) is 6. The second-order valence-electron chi connectivity index (χ2n) is 4.97. The van der Waals surface area contributed by atoms with Crippen molar-refractivity contribution in [3.05, 3.63) is 38.2 Å². The Hall–Kier alpha value is -1.85. The van der Waals surface area contributed by atoms with Crippen molar-refractivity contribution >= 4 is 33.6 Å². The predicted octanol–water partition coefficient (Wildman–Crippen LogP) is -2.05. The molecule has 0 aromatic carbocycles. The van der Waals surface area contributed by atoms with Crippen molar-refractivity contribution in [2.75, 3.05) is 23.7 Å². The summed E-state index contributed by atoms with van der Waals surface area (Å²) in [5.41, 5.74) is -0.853. The fourth-order valence-electron chi connectivity index (χ4n) is 1.82. The van der Waals surface area contributed by atoms with Gasteiger partial charge in [-0.25, -0.2) is 4.79 Å². The quantitative estimate of drug-likeness (QED) is 0.383. The van der Waals surface area contributed by atoms with Crippen molar-refractivity contribution < 1.29 is 18.3 Å². The van der Waals surface area contributed by atoms with E-state index in [9.17, 15) is 27.9 Å². The van der Waals surface area contributed by atoms with Gasteiger partial charge in [0.05, 0.1) is 23.3 Å². The van der Waals surface area contributed by atoms with Crippen LogP contribution in [0.25, 0.3) is 6.08 Å². The number of H-pyrrole nitrogens is 2. The molecule has 0 fully saturated rings. The highest BCUT2D eigenvalue weighted by Gasteiger charge is 2.14. The van der Waals surface area contributed by atoms with Gasteiger partial charge in [-0.15, -0.1) is 0 Å². The minimum Gasteiger partial charge on any atom is -0.394 e. The average Bonchev–Trinajstić information content (AvgIpc) is 2.44. The predicted molar refractivity (Wildman–Crippen MR) is 92.4 cm³/mol. The number of carbonyl (C=O) groups is 1. The Balaban J connectivity index is 2.74. The Kier molecular flexibility index (Phi) is 7.95. The maximum Gasteiger partial charge on any atom is 0.325 e. The van der Waals surface area contributed by atoms with Gasteiger partial charge in [0.1, 0.15) is 0 Å². The van der Waals surface area contributed by atoms with Gasteiger partial charge in [0.2, 0.25) is 5.91 Å². The zero-order chi connectivity index (χ0) is 18.3. The average molecular weight is 377 g/mol. The van der Waals surface area contributed by atoms with Gasteiger partial charge in [-0.05, 0) is 13.0 Å². The monoisotopic (exact) mass is 377 g/mol. The minimum atomic E-state index is -1.44. The van der Waals surface area contributed by atoms with Crippen molar-refractivity contribution in [2.45, 2.75) is 13.0 Å². The van der Waals surface area contributed by atoms with Crippen molar-refractivity contribution in [1.82, 2.24) is 15.3 Å². The molecule has 1 heterocycles. The molecule has 0 saturated carbocycles. The van der Waals surface area contributed by atoms with E-state index in [1.54, 1.807) is 0 Å². The van der Waals surface area contributed by atoms with Crippen LogP contribution < -0.4 is 16.6 Å². The second-order valence-corrected chi connectivity index (χ2v) is 8.27. The maximum absolute atomic E-state index is 11.8. The Bertz CT molecular complexity index is 783. The molecule has 1 rings (SSSR count). The van der Waals surface area contributed by atoms with Gasteiger partial charge in [-0.3, -0.25) is 23.0 Å². The molecular formula is C13H19N3O6S2. The Morgan fingerprint density at radius 1 is 1.33 bits per heavy atom. The molecule has 134 valence electrons. The smallest absolute Gasteiger partial charge is 0.325 e. The van der Waals surface area contributed by atoms with E-state index in [0.29, 0.717) is 5.69 Å². The number of nitrogens with one attached hydrogen (secondary N) is 3. The van der Waals surface area contributed by atoms with E-state index in [4.69, 9.17) is 0 Å². The lowest BCUT2D eigenvalue weighted by Crippen LogP contribution is -2.41. The number of aromatic amines is 2. The summed E-state index contributed by atoms with van der Waals surface area (Å²) in [5.74, 6) is -0.637. The number of carbonyl (C=O) groups excluding carboxylic acids is 1. The van der Waals surface area contributed by atoms with E-state index in [1.807, 2.05) is 4.98 Å². The molecule has 0 aliphatic heterocycles. The molecule has 0 aliphatic rings. The summed E-state index contributed by atoms with van der Waals surface area (Å²) in [7, 11) is -2.68. The van der Waals surface area contributed by atoms with Gasteiger partial charge in [-0.1, -0.05) is 0 Å². The van der Waals surface area contributed by atoms with Gasteiger partial charge in [0.15, 0.2) is 0 Å². The van der Waals surface area contributed by atoms with Crippen LogP contribution in [0.3, 0.4) is 0 Å². The third-order valence-electron chi connectivity index (χ3n) is 2.83. The zero-order valence-corrected chi connectivity index (χ0v) is 14.8. The molecule has 0 radical (unpaired) electrons. The third-order valence-corrected chi connectivity index (χ3v) is 5.98. The van der Waals surface area contributed by atoms with Crippen LogP contribution in [0.4, 0.5) is 0 Å². The molecule has 1 amide bonds. The summed E-state index contributed by atoms with van der Waals surface area (Å²) in [6, 6.07) is -0.763. The fourth-order valence-corrected chi connectivity index (χ4v) is 4.32. The molecule has 0 spiro atoms. The summed E-state index contributed by atoms with van der Waals surface area (Å²) in [4.78, 5) is 39.0. The molecule has 0 unspecified atom stereocenters. The van der Waals surface area contributed by atoms with E-state index in [1.165, 1.54) is 19.3 Å².